The Morgan fingerprint density at radius 2 is 1.86 bits per heavy atom. The zero-order chi connectivity index (χ0) is 40.5. The van der Waals surface area contributed by atoms with Gasteiger partial charge in [0.1, 0.15) is 29.0 Å². The number of esters is 1. The molecule has 3 heterocycles. The first kappa shape index (κ1) is 39.8. The molecule has 0 radical (unpaired) electrons. The molecular formula is C44H48N4O8S. The number of carbonyl (C=O) groups excluding carboxylic acids is 5. The van der Waals surface area contributed by atoms with Crippen LogP contribution in [0.4, 0.5) is 0 Å². The average Bonchev–Trinajstić information content (AvgIpc) is 4.10. The van der Waals surface area contributed by atoms with E-state index >= 15 is 0 Å². The van der Waals surface area contributed by atoms with Gasteiger partial charge in [0.15, 0.2) is 5.78 Å². The molecule has 5 unspecified atom stereocenters. The minimum Gasteiger partial charge on any atom is -0.497 e. The fourth-order valence-electron chi connectivity index (χ4n) is 7.56. The van der Waals surface area contributed by atoms with Gasteiger partial charge in [-0.25, -0.2) is 4.98 Å². The predicted octanol–water partition coefficient (Wildman–Crippen LogP) is 5.33. The molecule has 13 heteroatoms. The van der Waals surface area contributed by atoms with Crippen LogP contribution >= 0.6 is 0 Å². The van der Waals surface area contributed by atoms with Crippen molar-refractivity contribution in [2.75, 3.05) is 19.4 Å². The Labute approximate surface area is 334 Å². The number of pyridine rings is 1. The second-order valence-electron chi connectivity index (χ2n) is 16.1. The van der Waals surface area contributed by atoms with E-state index in [1.54, 1.807) is 27.9 Å². The van der Waals surface area contributed by atoms with Gasteiger partial charge in [0.2, 0.25) is 17.7 Å². The summed E-state index contributed by atoms with van der Waals surface area (Å²) in [6.45, 7) is 5.17. The van der Waals surface area contributed by atoms with Gasteiger partial charge in [-0.2, -0.15) is 0 Å². The highest BCUT2D eigenvalue weighted by Gasteiger charge is 2.60. The second-order valence-corrected chi connectivity index (χ2v) is 17.6. The van der Waals surface area contributed by atoms with Crippen LogP contribution in [-0.4, -0.2) is 86.2 Å². The Kier molecular flexibility index (Phi) is 11.3. The first-order chi connectivity index (χ1) is 27.2. The number of nitrogens with zero attached hydrogens (tertiary/aromatic N) is 2. The zero-order valence-corrected chi connectivity index (χ0v) is 33.5. The summed E-state index contributed by atoms with van der Waals surface area (Å²) in [5, 5.41) is 6.62. The van der Waals surface area contributed by atoms with Crippen LogP contribution in [0.15, 0.2) is 83.3 Å². The first-order valence-corrected chi connectivity index (χ1v) is 20.7. The van der Waals surface area contributed by atoms with E-state index in [0.717, 1.165) is 32.7 Å². The van der Waals surface area contributed by atoms with Gasteiger partial charge in [-0.15, -0.1) is 0 Å². The number of aromatic nitrogens is 1. The lowest BCUT2D eigenvalue weighted by atomic mass is 10.0. The summed E-state index contributed by atoms with van der Waals surface area (Å²) in [6.07, 6.45) is 9.27. The number of Topliss-reactive ketones (excluding diaryl/α,β-unsaturated/α-hetero) is 1. The summed E-state index contributed by atoms with van der Waals surface area (Å²) in [6, 6.07) is 14.9. The lowest BCUT2D eigenvalue weighted by Gasteiger charge is -2.30. The number of amides is 3. The number of nitrogens with one attached hydrogen (secondary N) is 2. The molecule has 12 nitrogen and oxygen atoms in total. The van der Waals surface area contributed by atoms with Gasteiger partial charge >= 0.3 is 5.97 Å². The van der Waals surface area contributed by atoms with Gasteiger partial charge in [0, 0.05) is 40.8 Å². The number of benzene rings is 2. The van der Waals surface area contributed by atoms with Crippen LogP contribution in [-0.2, 0) is 39.5 Å². The smallest absolute Gasteiger partial charge is 0.308 e. The topological polar surface area (TPSA) is 161 Å². The van der Waals surface area contributed by atoms with Gasteiger partial charge in [0.25, 0.3) is 0 Å². The van der Waals surface area contributed by atoms with Crippen molar-refractivity contribution in [2.45, 2.75) is 88.9 Å². The van der Waals surface area contributed by atoms with Crippen LogP contribution in [0.3, 0.4) is 0 Å². The predicted molar refractivity (Wildman–Crippen MR) is 217 cm³/mol. The largest absolute Gasteiger partial charge is 0.497 e. The molecule has 2 fully saturated rings. The van der Waals surface area contributed by atoms with Crippen LogP contribution in [0, 0.1) is 5.92 Å². The van der Waals surface area contributed by atoms with Gasteiger partial charge in [0.05, 0.1) is 41.3 Å². The Hall–Kier alpha value is -5.43. The molecule has 7 rings (SSSR count). The van der Waals surface area contributed by atoms with Crippen LogP contribution in [0.5, 0.6) is 5.75 Å². The lowest BCUT2D eigenvalue weighted by Crippen LogP contribution is -2.57. The zero-order valence-electron chi connectivity index (χ0n) is 32.7. The third-order valence-electron chi connectivity index (χ3n) is 10.6. The Balaban J connectivity index is 1.28. The third-order valence-corrected chi connectivity index (χ3v) is 12.1. The summed E-state index contributed by atoms with van der Waals surface area (Å²) in [7, 11) is 0.125. The number of fused-ring (bicyclic) bond motifs is 3. The van der Waals surface area contributed by atoms with Crippen molar-refractivity contribution < 1.29 is 37.7 Å². The van der Waals surface area contributed by atoms with Crippen molar-refractivity contribution in [3.63, 3.8) is 0 Å². The fraction of sp³-hybridized carbons (Fsp3) is 0.409. The maximum absolute atomic E-state index is 14.7. The molecule has 2 N–H and O–H groups in total. The number of hydrogen-bond donors (Lipinski definition) is 2. The normalized spacial score (nSPS) is 24.9. The first-order valence-electron chi connectivity index (χ1n) is 19.4. The van der Waals surface area contributed by atoms with E-state index in [2.05, 4.69) is 10.6 Å². The molecule has 5 atom stereocenters. The number of allylic oxidation sites excluding steroid dienone is 3. The Morgan fingerprint density at radius 1 is 1.09 bits per heavy atom. The van der Waals surface area contributed by atoms with Gasteiger partial charge in [-0.3, -0.25) is 28.2 Å². The number of ketones is 1. The van der Waals surface area contributed by atoms with E-state index < -0.39 is 64.1 Å². The molecule has 2 aliphatic carbocycles. The van der Waals surface area contributed by atoms with Crippen LogP contribution in [0.1, 0.15) is 71.3 Å². The summed E-state index contributed by atoms with van der Waals surface area (Å²) >= 11 is 0. The molecule has 3 aromatic rings. The van der Waals surface area contributed by atoms with E-state index in [4.69, 9.17) is 14.5 Å². The molecule has 1 saturated carbocycles. The molecule has 4 aliphatic rings. The van der Waals surface area contributed by atoms with Crippen molar-refractivity contribution in [2.24, 2.45) is 5.92 Å². The molecule has 0 bridgehead atoms. The third kappa shape index (κ3) is 9.25. The molecule has 3 amide bonds. The van der Waals surface area contributed by atoms with Crippen molar-refractivity contribution in [3.05, 3.63) is 88.9 Å². The molecule has 2 aromatic carbocycles. The number of hydrogen-bond acceptors (Lipinski definition) is 9. The Morgan fingerprint density at radius 3 is 2.58 bits per heavy atom. The second kappa shape index (κ2) is 16.2. The fourth-order valence-corrected chi connectivity index (χ4v) is 8.70. The number of carbonyl (C=O) groups is 5. The van der Waals surface area contributed by atoms with Crippen LogP contribution in [0.25, 0.3) is 28.2 Å². The monoisotopic (exact) mass is 792 g/mol. The molecule has 298 valence electrons. The van der Waals surface area contributed by atoms with E-state index in [1.165, 1.54) is 4.90 Å². The number of ether oxygens (including phenoxy) is 2. The van der Waals surface area contributed by atoms with Gasteiger partial charge in [-0.1, -0.05) is 54.6 Å². The minimum atomic E-state index is -1.47. The molecule has 0 spiro atoms. The summed E-state index contributed by atoms with van der Waals surface area (Å²) in [4.78, 5) is 76.6. The lowest BCUT2D eigenvalue weighted by molar-refractivity contribution is -0.157. The molecule has 1 aromatic heterocycles. The van der Waals surface area contributed by atoms with Gasteiger partial charge in [-0.05, 0) is 82.2 Å². The summed E-state index contributed by atoms with van der Waals surface area (Å²) < 4.78 is 23.9. The standard InChI is InChI=1S/C44H48N4O8S/c1-43(2,3)56-40(51)23-36-42(53)48-25-27(19-29-21-34(28-11-7-5-8-12-28)45-35-22-31(55-4)15-18-33(29)35)20-37(48)41(52)47-44(38(49)26-57(54)32-16-17-32)24-30(44)13-9-6-10-14-39(50)46-36/h5,7-9,11-13,15-16,18-19,21-22,30,36-37H,6,10,14,17,20,23-26H2,1-4H3,(H,46,50)(H,47,52). The Bertz CT molecular complexity index is 2240. The van der Waals surface area contributed by atoms with Crippen molar-refractivity contribution >= 4 is 57.3 Å². The molecule has 57 heavy (non-hydrogen) atoms. The summed E-state index contributed by atoms with van der Waals surface area (Å²) in [5.41, 5.74) is 1.76. The minimum absolute atomic E-state index is 0.0146. The highest BCUT2D eigenvalue weighted by atomic mass is 32.2. The van der Waals surface area contributed by atoms with E-state index in [9.17, 15) is 28.2 Å². The van der Waals surface area contributed by atoms with E-state index in [-0.39, 0.29) is 36.8 Å². The quantitative estimate of drug-likeness (QED) is 0.216. The van der Waals surface area contributed by atoms with Gasteiger partial charge < -0.3 is 25.0 Å². The maximum Gasteiger partial charge on any atom is 0.308 e. The van der Waals surface area contributed by atoms with Crippen LogP contribution < -0.4 is 15.4 Å². The number of methoxy groups -OCH3 is 1. The van der Waals surface area contributed by atoms with Crippen LogP contribution in [0.2, 0.25) is 0 Å². The molecule has 2 aliphatic heterocycles. The van der Waals surface area contributed by atoms with Crippen molar-refractivity contribution in [3.8, 4) is 17.0 Å². The maximum atomic E-state index is 14.7. The van der Waals surface area contributed by atoms with Crippen molar-refractivity contribution in [1.29, 1.82) is 0 Å². The SMILES string of the molecule is COc1ccc2c(C=C3CC4C(=O)NC5(C(=O)CS(=O)C6=CC6)CC5C=CCCCC(=O)NC(CC(=O)OC(C)(C)C)C(=O)N4C3)cc(-c3ccccc3)nc2c1. The van der Waals surface area contributed by atoms with E-state index in [0.29, 0.717) is 36.9 Å². The average molecular weight is 793 g/mol. The van der Waals surface area contributed by atoms with E-state index in [1.807, 2.05) is 78.9 Å². The molecule has 1 saturated heterocycles. The highest BCUT2D eigenvalue weighted by Crippen LogP contribution is 2.47. The van der Waals surface area contributed by atoms with Crippen molar-refractivity contribution in [1.82, 2.24) is 20.5 Å². The number of rotatable bonds is 9. The highest BCUT2D eigenvalue weighted by molar-refractivity contribution is 7.90. The molecular weight excluding hydrogens is 745 g/mol. The summed E-state index contributed by atoms with van der Waals surface area (Å²) in [5.74, 6) is -2.46.